The van der Waals surface area contributed by atoms with E-state index in [0.29, 0.717) is 35.0 Å². The maximum absolute atomic E-state index is 14.7. The molecule has 3 aromatic rings. The van der Waals surface area contributed by atoms with Crippen molar-refractivity contribution in [2.45, 2.75) is 32.6 Å². The number of pyridine rings is 1. The number of thiazole rings is 1. The van der Waals surface area contributed by atoms with Gasteiger partial charge in [-0.25, -0.2) is 9.37 Å². The number of halogens is 1. The number of amides is 1. The first-order valence-electron chi connectivity index (χ1n) is 9.83. The number of benzene rings is 1. The van der Waals surface area contributed by atoms with E-state index in [0.717, 1.165) is 5.69 Å². The molecule has 0 unspecified atom stereocenters. The van der Waals surface area contributed by atoms with Crippen molar-refractivity contribution in [3.8, 4) is 10.7 Å². The SMILES string of the molecule is C[C@@H]1CN(c2ccc(CNC(=O)c3csc(-c4ccccn4)n3)cc2F)C[C@@H](C)O1. The molecule has 1 saturated heterocycles. The molecule has 0 bridgehead atoms. The molecular formula is C22H23FN4O2S. The van der Waals surface area contributed by atoms with Gasteiger partial charge >= 0.3 is 0 Å². The normalized spacial score (nSPS) is 19.0. The third kappa shape index (κ3) is 4.66. The van der Waals surface area contributed by atoms with Gasteiger partial charge in [0.2, 0.25) is 0 Å². The second-order valence-corrected chi connectivity index (χ2v) is 8.24. The molecule has 0 saturated carbocycles. The van der Waals surface area contributed by atoms with Crippen LogP contribution >= 0.6 is 11.3 Å². The molecule has 1 amide bonds. The molecule has 4 rings (SSSR count). The average molecular weight is 427 g/mol. The van der Waals surface area contributed by atoms with E-state index in [1.165, 1.54) is 17.4 Å². The summed E-state index contributed by atoms with van der Waals surface area (Å²) < 4.78 is 20.4. The fourth-order valence-corrected chi connectivity index (χ4v) is 4.32. The molecule has 1 aromatic carbocycles. The van der Waals surface area contributed by atoms with Crippen LogP contribution in [0.2, 0.25) is 0 Å². The Morgan fingerprint density at radius 1 is 1.27 bits per heavy atom. The minimum absolute atomic E-state index is 0.0567. The summed E-state index contributed by atoms with van der Waals surface area (Å²) in [5.41, 5.74) is 2.31. The molecular weight excluding hydrogens is 403 g/mol. The van der Waals surface area contributed by atoms with Crippen LogP contribution in [0.25, 0.3) is 10.7 Å². The number of carbonyl (C=O) groups excluding carboxylic acids is 1. The standard InChI is InChI=1S/C22H23FN4O2S/c1-14-11-27(12-15(2)29-14)20-7-6-16(9-17(20)23)10-25-21(28)19-13-30-22(26-19)18-5-3-4-8-24-18/h3-9,13-15H,10-12H2,1-2H3,(H,25,28)/t14-,15-/m1/s1. The van der Waals surface area contributed by atoms with Gasteiger partial charge in [0.1, 0.15) is 16.5 Å². The highest BCUT2D eigenvalue weighted by Crippen LogP contribution is 2.25. The lowest BCUT2D eigenvalue weighted by atomic mass is 10.1. The van der Waals surface area contributed by atoms with Crippen molar-refractivity contribution < 1.29 is 13.9 Å². The second kappa shape index (κ2) is 8.89. The van der Waals surface area contributed by atoms with Gasteiger partial charge in [-0.05, 0) is 43.7 Å². The first-order chi connectivity index (χ1) is 14.5. The van der Waals surface area contributed by atoms with Gasteiger partial charge in [0, 0.05) is 31.2 Å². The monoisotopic (exact) mass is 426 g/mol. The number of hydrogen-bond acceptors (Lipinski definition) is 6. The van der Waals surface area contributed by atoms with Crippen molar-refractivity contribution in [2.75, 3.05) is 18.0 Å². The van der Waals surface area contributed by atoms with E-state index < -0.39 is 0 Å². The first-order valence-corrected chi connectivity index (χ1v) is 10.7. The Hall–Kier alpha value is -2.84. The van der Waals surface area contributed by atoms with Gasteiger partial charge in [-0.1, -0.05) is 12.1 Å². The highest BCUT2D eigenvalue weighted by atomic mass is 32.1. The molecule has 6 nitrogen and oxygen atoms in total. The van der Waals surface area contributed by atoms with E-state index in [1.54, 1.807) is 17.6 Å². The average Bonchev–Trinajstić information content (AvgIpc) is 3.22. The molecule has 1 aliphatic heterocycles. The number of nitrogens with zero attached hydrogens (tertiary/aromatic N) is 3. The summed E-state index contributed by atoms with van der Waals surface area (Å²) in [6.07, 6.45) is 1.80. The summed E-state index contributed by atoms with van der Waals surface area (Å²) in [6.45, 7) is 5.51. The molecule has 0 radical (unpaired) electrons. The summed E-state index contributed by atoms with van der Waals surface area (Å²) in [7, 11) is 0. The van der Waals surface area contributed by atoms with E-state index in [9.17, 15) is 9.18 Å². The molecule has 1 N–H and O–H groups in total. The molecule has 1 fully saturated rings. The van der Waals surface area contributed by atoms with Crippen LogP contribution in [0.1, 0.15) is 29.9 Å². The Bertz CT molecular complexity index is 1020. The van der Waals surface area contributed by atoms with Crippen molar-refractivity contribution in [3.63, 3.8) is 0 Å². The summed E-state index contributed by atoms with van der Waals surface area (Å²) in [5, 5.41) is 5.19. The molecule has 2 atom stereocenters. The van der Waals surface area contributed by atoms with Crippen molar-refractivity contribution in [1.29, 1.82) is 0 Å². The third-order valence-electron chi connectivity index (χ3n) is 4.85. The van der Waals surface area contributed by atoms with E-state index in [-0.39, 0.29) is 30.5 Å². The number of ether oxygens (including phenoxy) is 1. The minimum Gasteiger partial charge on any atom is -0.372 e. The topological polar surface area (TPSA) is 67.4 Å². The largest absolute Gasteiger partial charge is 0.372 e. The smallest absolute Gasteiger partial charge is 0.271 e. The molecule has 0 aliphatic carbocycles. The number of hydrogen-bond donors (Lipinski definition) is 1. The Balaban J connectivity index is 1.39. The van der Waals surface area contributed by atoms with Crippen molar-refractivity contribution >= 4 is 22.9 Å². The van der Waals surface area contributed by atoms with Crippen molar-refractivity contribution in [3.05, 3.63) is 65.0 Å². The number of rotatable bonds is 5. The molecule has 3 heterocycles. The highest BCUT2D eigenvalue weighted by Gasteiger charge is 2.24. The number of nitrogens with one attached hydrogen (secondary N) is 1. The Kier molecular flexibility index (Phi) is 6.06. The molecule has 2 aromatic heterocycles. The Morgan fingerprint density at radius 2 is 2.07 bits per heavy atom. The summed E-state index contributed by atoms with van der Waals surface area (Å²) in [4.78, 5) is 23.0. The van der Waals surface area contributed by atoms with Gasteiger partial charge in [0.25, 0.3) is 5.91 Å². The van der Waals surface area contributed by atoms with Gasteiger partial charge in [-0.3, -0.25) is 9.78 Å². The summed E-state index contributed by atoms with van der Waals surface area (Å²) in [5.74, 6) is -0.595. The van der Waals surface area contributed by atoms with Crippen LogP contribution < -0.4 is 10.2 Å². The molecule has 8 heteroatoms. The molecule has 156 valence electrons. The Labute approximate surface area is 178 Å². The zero-order chi connectivity index (χ0) is 21.1. The predicted octanol–water partition coefficient (Wildman–Crippen LogP) is 3.89. The lowest BCUT2D eigenvalue weighted by Gasteiger charge is -2.37. The van der Waals surface area contributed by atoms with E-state index in [1.807, 2.05) is 43.0 Å². The zero-order valence-corrected chi connectivity index (χ0v) is 17.7. The second-order valence-electron chi connectivity index (χ2n) is 7.38. The van der Waals surface area contributed by atoms with Gasteiger partial charge in [-0.15, -0.1) is 11.3 Å². The summed E-state index contributed by atoms with van der Waals surface area (Å²) in [6, 6.07) is 10.6. The van der Waals surface area contributed by atoms with Gasteiger partial charge in [0.05, 0.1) is 23.6 Å². The number of morpholine rings is 1. The van der Waals surface area contributed by atoms with Crippen LogP contribution in [0.3, 0.4) is 0 Å². The quantitative estimate of drug-likeness (QED) is 0.671. The fraction of sp³-hybridized carbons (Fsp3) is 0.318. The van der Waals surface area contributed by atoms with Gasteiger partial charge < -0.3 is 15.0 Å². The van der Waals surface area contributed by atoms with E-state index in [2.05, 4.69) is 15.3 Å². The fourth-order valence-electron chi connectivity index (χ4n) is 3.55. The van der Waals surface area contributed by atoms with Crippen LogP contribution in [0.5, 0.6) is 0 Å². The molecule has 0 spiro atoms. The minimum atomic E-state index is -0.297. The van der Waals surface area contributed by atoms with Crippen molar-refractivity contribution in [2.24, 2.45) is 0 Å². The van der Waals surface area contributed by atoms with Crippen LogP contribution in [0.4, 0.5) is 10.1 Å². The lowest BCUT2D eigenvalue weighted by Crippen LogP contribution is -2.45. The highest BCUT2D eigenvalue weighted by molar-refractivity contribution is 7.13. The number of anilines is 1. The maximum atomic E-state index is 14.7. The molecule has 30 heavy (non-hydrogen) atoms. The van der Waals surface area contributed by atoms with Crippen LogP contribution in [0, 0.1) is 5.82 Å². The van der Waals surface area contributed by atoms with Gasteiger partial charge in [-0.2, -0.15) is 0 Å². The Morgan fingerprint density at radius 3 is 2.77 bits per heavy atom. The zero-order valence-electron chi connectivity index (χ0n) is 16.8. The lowest BCUT2D eigenvalue weighted by molar-refractivity contribution is -0.00539. The molecule has 1 aliphatic rings. The van der Waals surface area contributed by atoms with E-state index >= 15 is 0 Å². The number of aromatic nitrogens is 2. The third-order valence-corrected chi connectivity index (χ3v) is 5.71. The first kappa shape index (κ1) is 20.4. The number of carbonyl (C=O) groups is 1. The van der Waals surface area contributed by atoms with Crippen LogP contribution in [-0.2, 0) is 11.3 Å². The van der Waals surface area contributed by atoms with Crippen molar-refractivity contribution in [1.82, 2.24) is 15.3 Å². The maximum Gasteiger partial charge on any atom is 0.271 e. The van der Waals surface area contributed by atoms with Gasteiger partial charge in [0.15, 0.2) is 0 Å². The predicted molar refractivity (Wildman–Crippen MR) is 115 cm³/mol. The van der Waals surface area contributed by atoms with Crippen LogP contribution in [0.15, 0.2) is 48.0 Å². The summed E-state index contributed by atoms with van der Waals surface area (Å²) >= 11 is 1.36. The van der Waals surface area contributed by atoms with E-state index in [4.69, 9.17) is 4.74 Å². The van der Waals surface area contributed by atoms with Crippen LogP contribution in [-0.4, -0.2) is 41.2 Å².